The standard InChI is InChI=1S/C21H29N3O3/c1-16-8-9-18(20(12-16)26-4)14-24-21(22-2)23-10-11-27-15-17-6-5-7-19(13-17)25-3/h5-9,12-13H,10-11,14-15H2,1-4H3,(H2,22,23,24). The second kappa shape index (κ2) is 11.1. The van der Waals surface area contributed by atoms with Gasteiger partial charge in [-0.3, -0.25) is 4.99 Å². The van der Waals surface area contributed by atoms with Gasteiger partial charge in [-0.2, -0.15) is 0 Å². The quantitative estimate of drug-likeness (QED) is 0.403. The number of benzene rings is 2. The molecule has 0 aliphatic heterocycles. The highest BCUT2D eigenvalue weighted by Gasteiger charge is 2.04. The Labute approximate surface area is 161 Å². The van der Waals surface area contributed by atoms with Crippen molar-refractivity contribution in [3.63, 3.8) is 0 Å². The molecule has 146 valence electrons. The summed E-state index contributed by atoms with van der Waals surface area (Å²) in [4.78, 5) is 4.24. The highest BCUT2D eigenvalue weighted by Crippen LogP contribution is 2.19. The number of hydrogen-bond acceptors (Lipinski definition) is 4. The van der Waals surface area contributed by atoms with E-state index in [1.54, 1.807) is 21.3 Å². The van der Waals surface area contributed by atoms with Crippen LogP contribution < -0.4 is 20.1 Å². The number of nitrogens with zero attached hydrogens (tertiary/aromatic N) is 1. The zero-order valence-electron chi connectivity index (χ0n) is 16.5. The van der Waals surface area contributed by atoms with Crippen molar-refractivity contribution in [2.75, 3.05) is 34.4 Å². The smallest absolute Gasteiger partial charge is 0.191 e. The molecular weight excluding hydrogens is 342 g/mol. The summed E-state index contributed by atoms with van der Waals surface area (Å²) in [7, 11) is 5.10. The first-order valence-electron chi connectivity index (χ1n) is 8.95. The highest BCUT2D eigenvalue weighted by molar-refractivity contribution is 5.79. The Kier molecular flexibility index (Phi) is 8.45. The van der Waals surface area contributed by atoms with Crippen molar-refractivity contribution in [2.45, 2.75) is 20.1 Å². The molecule has 0 unspecified atom stereocenters. The van der Waals surface area contributed by atoms with E-state index in [9.17, 15) is 0 Å². The summed E-state index contributed by atoms with van der Waals surface area (Å²) in [6.07, 6.45) is 0. The van der Waals surface area contributed by atoms with Gasteiger partial charge < -0.3 is 24.8 Å². The topological polar surface area (TPSA) is 64.1 Å². The fourth-order valence-electron chi connectivity index (χ4n) is 2.59. The third-order valence-corrected chi connectivity index (χ3v) is 4.05. The molecule has 0 aliphatic carbocycles. The van der Waals surface area contributed by atoms with Crippen molar-refractivity contribution in [2.24, 2.45) is 4.99 Å². The van der Waals surface area contributed by atoms with Crippen LogP contribution in [0.4, 0.5) is 0 Å². The van der Waals surface area contributed by atoms with E-state index in [-0.39, 0.29) is 0 Å². The van der Waals surface area contributed by atoms with E-state index < -0.39 is 0 Å². The van der Waals surface area contributed by atoms with Crippen LogP contribution in [0.15, 0.2) is 47.5 Å². The molecule has 0 aliphatic rings. The number of rotatable bonds is 9. The Morgan fingerprint density at radius 3 is 2.63 bits per heavy atom. The second-order valence-electron chi connectivity index (χ2n) is 6.07. The number of guanidine groups is 1. The minimum atomic E-state index is 0.547. The largest absolute Gasteiger partial charge is 0.497 e. The number of ether oxygens (including phenoxy) is 3. The van der Waals surface area contributed by atoms with Crippen molar-refractivity contribution in [1.82, 2.24) is 10.6 Å². The Morgan fingerprint density at radius 2 is 1.89 bits per heavy atom. The molecule has 0 fully saturated rings. The number of aliphatic imine (C=N–C) groups is 1. The molecule has 2 aromatic rings. The van der Waals surface area contributed by atoms with Crippen LogP contribution in [0.2, 0.25) is 0 Å². The number of hydrogen-bond donors (Lipinski definition) is 2. The SMILES string of the molecule is CN=C(NCCOCc1cccc(OC)c1)NCc1ccc(C)cc1OC. The number of aryl methyl sites for hydroxylation is 1. The van der Waals surface area contributed by atoms with Crippen LogP contribution >= 0.6 is 0 Å². The van der Waals surface area contributed by atoms with Gasteiger partial charge in [-0.25, -0.2) is 0 Å². The third-order valence-electron chi connectivity index (χ3n) is 4.05. The lowest BCUT2D eigenvalue weighted by molar-refractivity contribution is 0.125. The van der Waals surface area contributed by atoms with Crippen molar-refractivity contribution in [3.8, 4) is 11.5 Å². The molecule has 2 N–H and O–H groups in total. The van der Waals surface area contributed by atoms with Gasteiger partial charge in [0.15, 0.2) is 5.96 Å². The molecule has 0 aromatic heterocycles. The van der Waals surface area contributed by atoms with Crippen molar-refractivity contribution in [1.29, 1.82) is 0 Å². The van der Waals surface area contributed by atoms with Gasteiger partial charge in [-0.05, 0) is 36.2 Å². The maximum atomic E-state index is 5.71. The lowest BCUT2D eigenvalue weighted by Crippen LogP contribution is -2.38. The van der Waals surface area contributed by atoms with E-state index in [0.717, 1.165) is 28.6 Å². The van der Waals surface area contributed by atoms with Crippen LogP contribution in [0.1, 0.15) is 16.7 Å². The zero-order chi connectivity index (χ0) is 19.5. The summed E-state index contributed by atoms with van der Waals surface area (Å²) in [6, 6.07) is 14.0. The zero-order valence-corrected chi connectivity index (χ0v) is 16.5. The molecule has 0 spiro atoms. The Balaban J connectivity index is 1.71. The van der Waals surface area contributed by atoms with E-state index in [1.807, 2.05) is 37.3 Å². The maximum absolute atomic E-state index is 5.71. The van der Waals surface area contributed by atoms with Crippen molar-refractivity contribution >= 4 is 5.96 Å². The van der Waals surface area contributed by atoms with Gasteiger partial charge in [0.05, 0.1) is 27.4 Å². The van der Waals surface area contributed by atoms with Crippen LogP contribution in [0.25, 0.3) is 0 Å². The molecule has 6 heteroatoms. The van der Waals surface area contributed by atoms with Crippen LogP contribution in [-0.4, -0.2) is 40.4 Å². The van der Waals surface area contributed by atoms with Crippen LogP contribution in [0.5, 0.6) is 11.5 Å². The molecule has 0 amide bonds. The van der Waals surface area contributed by atoms with E-state index >= 15 is 0 Å². The Hall–Kier alpha value is -2.73. The molecule has 0 bridgehead atoms. The van der Waals surface area contributed by atoms with Crippen LogP contribution in [-0.2, 0) is 17.9 Å². The second-order valence-corrected chi connectivity index (χ2v) is 6.07. The Morgan fingerprint density at radius 1 is 1.04 bits per heavy atom. The van der Waals surface area contributed by atoms with Gasteiger partial charge in [-0.1, -0.05) is 24.3 Å². The molecule has 6 nitrogen and oxygen atoms in total. The molecule has 2 aromatic carbocycles. The van der Waals surface area contributed by atoms with Gasteiger partial charge in [0.25, 0.3) is 0 Å². The number of methoxy groups -OCH3 is 2. The minimum Gasteiger partial charge on any atom is -0.497 e. The normalized spacial score (nSPS) is 11.2. The van der Waals surface area contributed by atoms with Gasteiger partial charge in [0.1, 0.15) is 11.5 Å². The predicted octanol–water partition coefficient (Wildman–Crippen LogP) is 2.89. The Bertz CT molecular complexity index is 747. The first-order chi connectivity index (χ1) is 13.2. The first-order valence-corrected chi connectivity index (χ1v) is 8.95. The van der Waals surface area contributed by atoms with E-state index in [2.05, 4.69) is 27.8 Å². The number of nitrogens with one attached hydrogen (secondary N) is 2. The average Bonchev–Trinajstić information content (AvgIpc) is 2.70. The maximum Gasteiger partial charge on any atom is 0.191 e. The van der Waals surface area contributed by atoms with Crippen molar-refractivity contribution in [3.05, 3.63) is 59.2 Å². The van der Waals surface area contributed by atoms with Gasteiger partial charge in [0.2, 0.25) is 0 Å². The molecule has 0 atom stereocenters. The molecular formula is C21H29N3O3. The summed E-state index contributed by atoms with van der Waals surface area (Å²) in [5.74, 6) is 2.44. The third kappa shape index (κ3) is 6.83. The summed E-state index contributed by atoms with van der Waals surface area (Å²) in [6.45, 7) is 4.46. The van der Waals surface area contributed by atoms with E-state index in [4.69, 9.17) is 14.2 Å². The molecule has 0 heterocycles. The fraction of sp³-hybridized carbons (Fsp3) is 0.381. The lowest BCUT2D eigenvalue weighted by atomic mass is 10.1. The first kappa shape index (κ1) is 20.6. The summed E-state index contributed by atoms with van der Waals surface area (Å²) < 4.78 is 16.4. The van der Waals surface area contributed by atoms with Gasteiger partial charge >= 0.3 is 0 Å². The fourth-order valence-corrected chi connectivity index (χ4v) is 2.59. The van der Waals surface area contributed by atoms with E-state index in [1.165, 1.54) is 5.56 Å². The molecule has 0 saturated heterocycles. The molecule has 2 rings (SSSR count). The highest BCUT2D eigenvalue weighted by atomic mass is 16.5. The van der Waals surface area contributed by atoms with Gasteiger partial charge in [-0.15, -0.1) is 0 Å². The van der Waals surface area contributed by atoms with Crippen LogP contribution in [0.3, 0.4) is 0 Å². The van der Waals surface area contributed by atoms with E-state index in [0.29, 0.717) is 26.3 Å². The molecule has 0 radical (unpaired) electrons. The molecule has 0 saturated carbocycles. The predicted molar refractivity (Wildman–Crippen MR) is 109 cm³/mol. The lowest BCUT2D eigenvalue weighted by Gasteiger charge is -2.14. The van der Waals surface area contributed by atoms with Gasteiger partial charge in [0, 0.05) is 25.7 Å². The minimum absolute atomic E-state index is 0.547. The van der Waals surface area contributed by atoms with Crippen LogP contribution in [0, 0.1) is 6.92 Å². The monoisotopic (exact) mass is 371 g/mol. The van der Waals surface area contributed by atoms with Crippen molar-refractivity contribution < 1.29 is 14.2 Å². The molecule has 27 heavy (non-hydrogen) atoms. The summed E-state index contributed by atoms with van der Waals surface area (Å²) >= 11 is 0. The summed E-state index contributed by atoms with van der Waals surface area (Å²) in [5, 5.41) is 6.54. The average molecular weight is 371 g/mol. The summed E-state index contributed by atoms with van der Waals surface area (Å²) in [5.41, 5.74) is 3.34.